The largest absolute Gasteiger partial charge is 0.424 e. The van der Waals surface area contributed by atoms with Crippen molar-refractivity contribution < 1.29 is 8.94 Å². The molecule has 118 valence electrons. The van der Waals surface area contributed by atoms with E-state index in [0.29, 0.717) is 18.3 Å². The summed E-state index contributed by atoms with van der Waals surface area (Å²) in [6.45, 7) is 5.24. The smallest absolute Gasteiger partial charge is 0.233 e. The Hall–Kier alpha value is -2.47. The Morgan fingerprint density at radius 2 is 2.00 bits per heavy atom. The fourth-order valence-corrected chi connectivity index (χ4v) is 3.13. The first kappa shape index (κ1) is 14.1. The Labute approximate surface area is 134 Å². The summed E-state index contributed by atoms with van der Waals surface area (Å²) in [4.78, 5) is 2.31. The van der Waals surface area contributed by atoms with E-state index in [2.05, 4.69) is 44.5 Å². The SMILES string of the molecule is Cc1cc(CN2Cc3ccccc3C[C@H]2c2nnc(C)o2)no1. The van der Waals surface area contributed by atoms with E-state index in [0.717, 1.165) is 24.4 Å². The van der Waals surface area contributed by atoms with Gasteiger partial charge in [0.1, 0.15) is 5.76 Å². The molecule has 0 spiro atoms. The lowest BCUT2D eigenvalue weighted by Crippen LogP contribution is -2.34. The fourth-order valence-electron chi connectivity index (χ4n) is 3.13. The molecule has 3 heterocycles. The first-order chi connectivity index (χ1) is 11.2. The third-order valence-electron chi connectivity index (χ3n) is 4.21. The van der Waals surface area contributed by atoms with Gasteiger partial charge in [-0.3, -0.25) is 4.90 Å². The Morgan fingerprint density at radius 3 is 2.70 bits per heavy atom. The monoisotopic (exact) mass is 310 g/mol. The normalized spacial score (nSPS) is 18.1. The molecule has 0 aliphatic carbocycles. The highest BCUT2D eigenvalue weighted by Crippen LogP contribution is 2.33. The van der Waals surface area contributed by atoms with Crippen molar-refractivity contribution in [3.63, 3.8) is 0 Å². The highest BCUT2D eigenvalue weighted by molar-refractivity contribution is 5.31. The van der Waals surface area contributed by atoms with Crippen molar-refractivity contribution in [3.05, 3.63) is 64.7 Å². The number of aromatic nitrogens is 3. The lowest BCUT2D eigenvalue weighted by atomic mass is 9.93. The zero-order valence-corrected chi connectivity index (χ0v) is 13.2. The predicted octanol–water partition coefficient (Wildman–Crippen LogP) is 2.97. The molecule has 0 bridgehead atoms. The van der Waals surface area contributed by atoms with Crippen molar-refractivity contribution in [3.8, 4) is 0 Å². The van der Waals surface area contributed by atoms with Crippen LogP contribution in [0.5, 0.6) is 0 Å². The van der Waals surface area contributed by atoms with E-state index < -0.39 is 0 Å². The van der Waals surface area contributed by atoms with Gasteiger partial charge in [0, 0.05) is 26.1 Å². The van der Waals surface area contributed by atoms with E-state index in [1.807, 2.05) is 19.9 Å². The minimum absolute atomic E-state index is 0.0584. The molecule has 23 heavy (non-hydrogen) atoms. The van der Waals surface area contributed by atoms with Crippen molar-refractivity contribution >= 4 is 0 Å². The van der Waals surface area contributed by atoms with E-state index in [1.165, 1.54) is 11.1 Å². The molecule has 0 amide bonds. The van der Waals surface area contributed by atoms with E-state index in [4.69, 9.17) is 8.94 Å². The molecule has 4 rings (SSSR count). The third kappa shape index (κ3) is 2.77. The van der Waals surface area contributed by atoms with E-state index in [1.54, 1.807) is 0 Å². The average molecular weight is 310 g/mol. The minimum Gasteiger partial charge on any atom is -0.424 e. The zero-order valence-electron chi connectivity index (χ0n) is 13.2. The Kier molecular flexibility index (Phi) is 3.46. The van der Waals surface area contributed by atoms with Gasteiger partial charge in [-0.2, -0.15) is 0 Å². The zero-order chi connectivity index (χ0) is 15.8. The number of hydrogen-bond donors (Lipinski definition) is 0. The van der Waals surface area contributed by atoms with Crippen molar-refractivity contribution in [1.29, 1.82) is 0 Å². The van der Waals surface area contributed by atoms with Crippen LogP contribution >= 0.6 is 0 Å². The number of rotatable bonds is 3. The highest BCUT2D eigenvalue weighted by atomic mass is 16.5. The summed E-state index contributed by atoms with van der Waals surface area (Å²) < 4.78 is 10.9. The summed E-state index contributed by atoms with van der Waals surface area (Å²) in [7, 11) is 0. The summed E-state index contributed by atoms with van der Waals surface area (Å²) in [5.41, 5.74) is 3.59. The summed E-state index contributed by atoms with van der Waals surface area (Å²) in [6.07, 6.45) is 0.856. The second kappa shape index (κ2) is 5.62. The van der Waals surface area contributed by atoms with Gasteiger partial charge in [0.05, 0.1) is 11.7 Å². The minimum atomic E-state index is 0.0584. The Morgan fingerprint density at radius 1 is 1.17 bits per heavy atom. The van der Waals surface area contributed by atoms with E-state index in [-0.39, 0.29) is 6.04 Å². The average Bonchev–Trinajstić information content (AvgIpc) is 3.15. The number of fused-ring (bicyclic) bond motifs is 1. The summed E-state index contributed by atoms with van der Waals surface area (Å²) in [6, 6.07) is 10.5. The molecule has 1 atom stereocenters. The molecule has 1 aliphatic rings. The molecule has 3 aromatic rings. The van der Waals surface area contributed by atoms with E-state index >= 15 is 0 Å². The molecule has 1 aromatic carbocycles. The summed E-state index contributed by atoms with van der Waals surface area (Å²) >= 11 is 0. The topological polar surface area (TPSA) is 68.2 Å². The van der Waals surface area contributed by atoms with Crippen LogP contribution in [0.1, 0.15) is 40.4 Å². The van der Waals surface area contributed by atoms with Gasteiger partial charge in [0.25, 0.3) is 0 Å². The molecule has 0 saturated carbocycles. The molecule has 6 nitrogen and oxygen atoms in total. The summed E-state index contributed by atoms with van der Waals surface area (Å²) in [5, 5.41) is 12.3. The maximum Gasteiger partial charge on any atom is 0.233 e. The molecular weight excluding hydrogens is 292 g/mol. The molecule has 0 N–H and O–H groups in total. The van der Waals surface area contributed by atoms with Crippen molar-refractivity contribution in [1.82, 2.24) is 20.3 Å². The van der Waals surface area contributed by atoms with Crippen LogP contribution in [0.2, 0.25) is 0 Å². The van der Waals surface area contributed by atoms with Crippen LogP contribution in [0.25, 0.3) is 0 Å². The number of benzene rings is 1. The quantitative estimate of drug-likeness (QED) is 0.741. The third-order valence-corrected chi connectivity index (χ3v) is 4.21. The molecule has 2 aromatic heterocycles. The Balaban J connectivity index is 1.68. The van der Waals surface area contributed by atoms with Crippen LogP contribution in [-0.4, -0.2) is 20.3 Å². The highest BCUT2D eigenvalue weighted by Gasteiger charge is 2.31. The van der Waals surface area contributed by atoms with Gasteiger partial charge in [-0.15, -0.1) is 10.2 Å². The molecule has 0 fully saturated rings. The van der Waals surface area contributed by atoms with Crippen LogP contribution in [0.4, 0.5) is 0 Å². The maximum atomic E-state index is 5.70. The van der Waals surface area contributed by atoms with E-state index in [9.17, 15) is 0 Å². The van der Waals surface area contributed by atoms with Gasteiger partial charge in [0.2, 0.25) is 11.8 Å². The van der Waals surface area contributed by atoms with Gasteiger partial charge in [-0.25, -0.2) is 0 Å². The molecule has 1 aliphatic heterocycles. The van der Waals surface area contributed by atoms with Gasteiger partial charge in [-0.05, 0) is 24.5 Å². The lowest BCUT2D eigenvalue weighted by Gasteiger charge is -2.34. The lowest BCUT2D eigenvalue weighted by molar-refractivity contribution is 0.134. The van der Waals surface area contributed by atoms with Crippen LogP contribution in [-0.2, 0) is 19.5 Å². The van der Waals surface area contributed by atoms with Crippen molar-refractivity contribution in [2.45, 2.75) is 39.4 Å². The van der Waals surface area contributed by atoms with Gasteiger partial charge < -0.3 is 8.94 Å². The number of hydrogen-bond acceptors (Lipinski definition) is 6. The molecule has 6 heteroatoms. The molecule has 0 saturated heterocycles. The predicted molar refractivity (Wildman–Crippen MR) is 82.4 cm³/mol. The summed E-state index contributed by atoms with van der Waals surface area (Å²) in [5.74, 6) is 2.08. The molecular formula is C17H18N4O2. The van der Waals surface area contributed by atoms with Gasteiger partial charge in [0.15, 0.2) is 0 Å². The second-order valence-electron chi connectivity index (χ2n) is 5.98. The van der Waals surface area contributed by atoms with Crippen LogP contribution in [0.15, 0.2) is 39.3 Å². The first-order valence-corrected chi connectivity index (χ1v) is 7.72. The molecule has 0 unspecified atom stereocenters. The van der Waals surface area contributed by atoms with Crippen LogP contribution in [0, 0.1) is 13.8 Å². The Bertz CT molecular complexity index is 823. The van der Waals surface area contributed by atoms with Crippen molar-refractivity contribution in [2.75, 3.05) is 0 Å². The van der Waals surface area contributed by atoms with Crippen molar-refractivity contribution in [2.24, 2.45) is 0 Å². The fraction of sp³-hybridized carbons (Fsp3) is 0.353. The standard InChI is InChI=1S/C17H18N4O2/c1-11-7-15(20-23-11)10-21-9-14-6-4-3-5-13(14)8-16(21)17-19-18-12(2)22-17/h3-7,16H,8-10H2,1-2H3/t16-/m0/s1. The number of nitrogens with zero attached hydrogens (tertiary/aromatic N) is 4. The number of aryl methyl sites for hydroxylation is 2. The van der Waals surface area contributed by atoms with Gasteiger partial charge >= 0.3 is 0 Å². The first-order valence-electron chi connectivity index (χ1n) is 7.72. The van der Waals surface area contributed by atoms with Crippen LogP contribution in [0.3, 0.4) is 0 Å². The maximum absolute atomic E-state index is 5.70. The van der Waals surface area contributed by atoms with Gasteiger partial charge in [-0.1, -0.05) is 29.4 Å². The van der Waals surface area contributed by atoms with Crippen LogP contribution < -0.4 is 0 Å². The molecule has 0 radical (unpaired) electrons. The second-order valence-corrected chi connectivity index (χ2v) is 5.98.